The highest BCUT2D eigenvalue weighted by molar-refractivity contribution is 9.25. The summed E-state index contributed by atoms with van der Waals surface area (Å²) in [4.78, 5) is 13.0. The second-order valence-electron chi connectivity index (χ2n) is 2.12. The minimum Gasteiger partial charge on any atom is -0.334 e. The van der Waals surface area contributed by atoms with E-state index in [1.807, 2.05) is 0 Å². The lowest BCUT2D eigenvalue weighted by molar-refractivity contribution is -0.127. The molecule has 0 radical (unpaired) electrons. The van der Waals surface area contributed by atoms with Crippen LogP contribution in [0.2, 0.25) is 0 Å². The third kappa shape index (κ3) is 4.07. The van der Waals surface area contributed by atoms with Crippen molar-refractivity contribution in [2.24, 2.45) is 0 Å². The summed E-state index contributed by atoms with van der Waals surface area (Å²) < 4.78 is -0.329. The van der Waals surface area contributed by atoms with Gasteiger partial charge in [0, 0.05) is 13.1 Å². The van der Waals surface area contributed by atoms with E-state index in [2.05, 4.69) is 45.0 Å². The molecule has 0 heterocycles. The average molecular weight is 297 g/mol. The smallest absolute Gasteiger partial charge is 0.247 e. The van der Waals surface area contributed by atoms with Crippen molar-refractivity contribution in [2.45, 2.75) is 3.74 Å². The zero-order chi connectivity index (χ0) is 9.56. The third-order valence-electron chi connectivity index (χ3n) is 1.20. The number of alkyl halides is 2. The highest BCUT2D eigenvalue weighted by atomic mass is 79.9. The summed E-state index contributed by atoms with van der Waals surface area (Å²) in [6, 6.07) is 0. The van der Waals surface area contributed by atoms with Crippen LogP contribution in [0.1, 0.15) is 0 Å². The van der Waals surface area contributed by atoms with Crippen molar-refractivity contribution in [1.29, 1.82) is 0 Å². The zero-order valence-electron chi connectivity index (χ0n) is 6.67. The van der Waals surface area contributed by atoms with Crippen molar-refractivity contribution in [3.63, 3.8) is 0 Å². The van der Waals surface area contributed by atoms with Gasteiger partial charge in [0.15, 0.2) is 0 Å². The SMILES string of the molecule is C=CCN(CC=C)C(=O)C(Br)Br. The number of halogens is 2. The molecule has 1 amide bonds. The van der Waals surface area contributed by atoms with E-state index in [9.17, 15) is 4.79 Å². The molecule has 4 heteroatoms. The van der Waals surface area contributed by atoms with E-state index >= 15 is 0 Å². The molecule has 68 valence electrons. The van der Waals surface area contributed by atoms with Crippen LogP contribution in [0, 0.1) is 0 Å². The molecule has 2 nitrogen and oxygen atoms in total. The zero-order valence-corrected chi connectivity index (χ0v) is 9.84. The van der Waals surface area contributed by atoms with Gasteiger partial charge in [0.2, 0.25) is 5.91 Å². The van der Waals surface area contributed by atoms with Crippen LogP contribution in [-0.2, 0) is 4.79 Å². The maximum atomic E-state index is 11.4. The minimum absolute atomic E-state index is 0.0187. The van der Waals surface area contributed by atoms with E-state index in [0.717, 1.165) is 0 Å². The molecule has 0 aromatic heterocycles. The van der Waals surface area contributed by atoms with Gasteiger partial charge in [-0.25, -0.2) is 0 Å². The molecule has 0 aliphatic rings. The van der Waals surface area contributed by atoms with Gasteiger partial charge in [-0.1, -0.05) is 44.0 Å². The van der Waals surface area contributed by atoms with E-state index in [1.54, 1.807) is 17.1 Å². The van der Waals surface area contributed by atoms with E-state index in [-0.39, 0.29) is 9.64 Å². The number of nitrogens with zero attached hydrogens (tertiary/aromatic N) is 1. The van der Waals surface area contributed by atoms with E-state index in [0.29, 0.717) is 13.1 Å². The maximum Gasteiger partial charge on any atom is 0.247 e. The number of hydrogen-bond donors (Lipinski definition) is 0. The van der Waals surface area contributed by atoms with Gasteiger partial charge in [-0.2, -0.15) is 0 Å². The van der Waals surface area contributed by atoms with Crippen molar-refractivity contribution in [2.75, 3.05) is 13.1 Å². The second kappa shape index (κ2) is 6.43. The van der Waals surface area contributed by atoms with E-state index in [4.69, 9.17) is 0 Å². The number of rotatable bonds is 5. The summed E-state index contributed by atoms with van der Waals surface area (Å²) in [6.07, 6.45) is 3.37. The van der Waals surface area contributed by atoms with Gasteiger partial charge in [0.25, 0.3) is 0 Å². The Morgan fingerprint density at radius 2 is 1.75 bits per heavy atom. The average Bonchev–Trinajstić information content (AvgIpc) is 2.03. The molecule has 0 unspecified atom stereocenters. The Morgan fingerprint density at radius 1 is 1.33 bits per heavy atom. The number of hydrogen-bond acceptors (Lipinski definition) is 1. The Morgan fingerprint density at radius 3 is 2.00 bits per heavy atom. The van der Waals surface area contributed by atoms with Crippen molar-refractivity contribution in [1.82, 2.24) is 4.90 Å². The first-order valence-corrected chi connectivity index (χ1v) is 5.25. The quantitative estimate of drug-likeness (QED) is 0.563. The molecule has 0 aromatic rings. The summed E-state index contributed by atoms with van der Waals surface area (Å²) in [5.41, 5.74) is 0. The molecular weight excluding hydrogens is 286 g/mol. The second-order valence-corrected chi connectivity index (χ2v) is 5.18. The molecule has 0 saturated carbocycles. The van der Waals surface area contributed by atoms with Gasteiger partial charge in [-0.05, 0) is 0 Å². The summed E-state index contributed by atoms with van der Waals surface area (Å²) in [5, 5.41) is 0. The molecule has 0 saturated heterocycles. The van der Waals surface area contributed by atoms with Gasteiger partial charge in [-0.3, -0.25) is 4.79 Å². The van der Waals surface area contributed by atoms with Gasteiger partial charge in [0.05, 0.1) is 0 Å². The topological polar surface area (TPSA) is 20.3 Å². The molecule has 0 atom stereocenters. The Kier molecular flexibility index (Phi) is 6.38. The highest BCUT2D eigenvalue weighted by Gasteiger charge is 2.16. The summed E-state index contributed by atoms with van der Waals surface area (Å²) >= 11 is 6.27. The monoisotopic (exact) mass is 295 g/mol. The summed E-state index contributed by atoms with van der Waals surface area (Å²) in [6.45, 7) is 8.21. The number of carbonyl (C=O) groups excluding carboxylic acids is 1. The standard InChI is InChI=1S/C8H11Br2NO/c1-3-5-11(6-4-2)8(12)7(9)10/h3-4,7H,1-2,5-6H2. The lowest BCUT2D eigenvalue weighted by atomic mass is 10.4. The van der Waals surface area contributed by atoms with E-state index in [1.165, 1.54) is 0 Å². The molecule has 0 rings (SSSR count). The van der Waals surface area contributed by atoms with Crippen molar-refractivity contribution in [3.05, 3.63) is 25.3 Å². The largest absolute Gasteiger partial charge is 0.334 e. The van der Waals surface area contributed by atoms with Crippen molar-refractivity contribution >= 4 is 37.8 Å². The predicted octanol–water partition coefficient (Wildman–Crippen LogP) is 2.30. The fourth-order valence-electron chi connectivity index (χ4n) is 0.704. The Labute approximate surface area is 89.6 Å². The molecule has 0 N–H and O–H groups in total. The van der Waals surface area contributed by atoms with Gasteiger partial charge < -0.3 is 4.90 Å². The predicted molar refractivity (Wildman–Crippen MR) is 58.6 cm³/mol. The normalized spacial score (nSPS) is 9.58. The van der Waals surface area contributed by atoms with Crippen LogP contribution in [-0.4, -0.2) is 27.6 Å². The summed E-state index contributed by atoms with van der Waals surface area (Å²) in [5.74, 6) is -0.0187. The first-order chi connectivity index (χ1) is 5.63. The molecule has 0 aliphatic heterocycles. The number of amides is 1. The summed E-state index contributed by atoms with van der Waals surface area (Å²) in [7, 11) is 0. The fourth-order valence-corrected chi connectivity index (χ4v) is 1.28. The number of carbonyl (C=O) groups is 1. The van der Waals surface area contributed by atoms with E-state index < -0.39 is 0 Å². The molecule has 12 heavy (non-hydrogen) atoms. The molecule has 0 fully saturated rings. The first kappa shape index (κ1) is 11.9. The van der Waals surface area contributed by atoms with Crippen LogP contribution in [0.25, 0.3) is 0 Å². The molecule has 0 aliphatic carbocycles. The first-order valence-electron chi connectivity index (χ1n) is 3.42. The fraction of sp³-hybridized carbons (Fsp3) is 0.375. The van der Waals surface area contributed by atoms with Crippen LogP contribution in [0.4, 0.5) is 0 Å². The Bertz CT molecular complexity index is 170. The van der Waals surface area contributed by atoms with Crippen LogP contribution in [0.5, 0.6) is 0 Å². The van der Waals surface area contributed by atoms with Crippen LogP contribution in [0.3, 0.4) is 0 Å². The lowest BCUT2D eigenvalue weighted by Gasteiger charge is -2.19. The molecule has 0 spiro atoms. The molecule has 0 aromatic carbocycles. The highest BCUT2D eigenvalue weighted by Crippen LogP contribution is 2.11. The molecular formula is C8H11Br2NO. The maximum absolute atomic E-state index is 11.4. The lowest BCUT2D eigenvalue weighted by Crippen LogP contribution is -2.34. The Balaban J connectivity index is 4.17. The van der Waals surface area contributed by atoms with Gasteiger partial charge in [0.1, 0.15) is 3.74 Å². The van der Waals surface area contributed by atoms with Crippen molar-refractivity contribution < 1.29 is 4.79 Å². The third-order valence-corrected chi connectivity index (χ3v) is 1.98. The molecule has 0 bridgehead atoms. The Hall–Kier alpha value is -0.0900. The van der Waals surface area contributed by atoms with Crippen molar-refractivity contribution in [3.8, 4) is 0 Å². The van der Waals surface area contributed by atoms with Crippen LogP contribution >= 0.6 is 31.9 Å². The van der Waals surface area contributed by atoms with Crippen LogP contribution in [0.15, 0.2) is 25.3 Å². The van der Waals surface area contributed by atoms with Gasteiger partial charge >= 0.3 is 0 Å². The van der Waals surface area contributed by atoms with Gasteiger partial charge in [-0.15, -0.1) is 13.2 Å². The minimum atomic E-state index is -0.329. The van der Waals surface area contributed by atoms with Crippen LogP contribution < -0.4 is 0 Å².